The topological polar surface area (TPSA) is 96.2 Å². The molecule has 2 aromatic carbocycles. The van der Waals surface area contributed by atoms with E-state index in [0.717, 1.165) is 24.0 Å². The van der Waals surface area contributed by atoms with Crippen LogP contribution in [0.5, 0.6) is 0 Å². The van der Waals surface area contributed by atoms with Crippen molar-refractivity contribution in [2.75, 3.05) is 11.9 Å². The molecule has 1 amide bonds. The van der Waals surface area contributed by atoms with Gasteiger partial charge in [0, 0.05) is 24.0 Å². The first-order valence-electron chi connectivity index (χ1n) is 9.98. The van der Waals surface area contributed by atoms with Crippen molar-refractivity contribution in [3.63, 3.8) is 0 Å². The van der Waals surface area contributed by atoms with Crippen LogP contribution in [0.4, 0.5) is 5.82 Å². The van der Waals surface area contributed by atoms with E-state index in [9.17, 15) is 14.7 Å². The molecule has 7 heteroatoms. The molecule has 154 valence electrons. The molecule has 0 spiro atoms. The van der Waals surface area contributed by atoms with Gasteiger partial charge in [0.2, 0.25) is 0 Å². The van der Waals surface area contributed by atoms with Crippen molar-refractivity contribution in [1.29, 1.82) is 0 Å². The number of aliphatic hydroxyl groups excluding tert-OH is 1. The first-order chi connectivity index (χ1) is 14.6. The van der Waals surface area contributed by atoms with Gasteiger partial charge in [-0.15, -0.1) is 0 Å². The standard InChI is InChI=1S/C23H24N4O3/c1-15-7-8-17(22(29)25-18-9-10-18)13-20(15)27-12-11-24-21(23(27)30)26-19(14-28)16-5-3-2-4-6-16/h2-8,11-13,18-19,28H,9-10,14H2,1H3,(H,24,26)(H,25,29)/t19-/m0/s1. The van der Waals surface area contributed by atoms with Crippen molar-refractivity contribution in [3.05, 3.63) is 88.0 Å². The highest BCUT2D eigenvalue weighted by Crippen LogP contribution is 2.21. The van der Waals surface area contributed by atoms with Crippen LogP contribution >= 0.6 is 0 Å². The molecule has 3 N–H and O–H groups in total. The predicted molar refractivity (Wildman–Crippen MR) is 115 cm³/mol. The minimum Gasteiger partial charge on any atom is -0.394 e. The molecule has 1 fully saturated rings. The first kappa shape index (κ1) is 19.8. The fraction of sp³-hybridized carbons (Fsp3) is 0.261. The molecule has 1 saturated carbocycles. The molecule has 0 radical (unpaired) electrons. The molecule has 1 aliphatic rings. The summed E-state index contributed by atoms with van der Waals surface area (Å²) in [6.45, 7) is 1.70. The number of rotatable bonds is 7. The first-order valence-corrected chi connectivity index (χ1v) is 9.98. The van der Waals surface area contributed by atoms with Gasteiger partial charge in [0.05, 0.1) is 18.3 Å². The fourth-order valence-electron chi connectivity index (χ4n) is 3.29. The summed E-state index contributed by atoms with van der Waals surface area (Å²) in [4.78, 5) is 29.7. The molecular weight excluding hydrogens is 380 g/mol. The highest BCUT2D eigenvalue weighted by Gasteiger charge is 2.24. The van der Waals surface area contributed by atoms with Crippen molar-refractivity contribution in [2.45, 2.75) is 31.8 Å². The number of aryl methyl sites for hydroxylation is 1. The Labute approximate surface area is 174 Å². The Hall–Kier alpha value is -3.45. The van der Waals surface area contributed by atoms with Crippen molar-refractivity contribution >= 4 is 11.7 Å². The molecule has 1 aromatic heterocycles. The van der Waals surface area contributed by atoms with Crippen LogP contribution < -0.4 is 16.2 Å². The van der Waals surface area contributed by atoms with Gasteiger partial charge in [-0.25, -0.2) is 4.98 Å². The molecular formula is C23H24N4O3. The summed E-state index contributed by atoms with van der Waals surface area (Å²) in [7, 11) is 0. The number of hydrogen-bond acceptors (Lipinski definition) is 5. The number of aliphatic hydroxyl groups is 1. The number of nitrogens with one attached hydrogen (secondary N) is 2. The number of hydrogen-bond donors (Lipinski definition) is 3. The van der Waals surface area contributed by atoms with Gasteiger partial charge < -0.3 is 15.7 Å². The summed E-state index contributed by atoms with van der Waals surface area (Å²) in [5, 5.41) is 15.8. The SMILES string of the molecule is Cc1ccc(C(=O)NC2CC2)cc1-n1ccnc(N[C@@H](CO)c2ccccc2)c1=O. The Morgan fingerprint density at radius 2 is 2.00 bits per heavy atom. The van der Waals surface area contributed by atoms with E-state index < -0.39 is 6.04 Å². The maximum absolute atomic E-state index is 13.1. The van der Waals surface area contributed by atoms with Crippen molar-refractivity contribution in [3.8, 4) is 5.69 Å². The fourth-order valence-corrected chi connectivity index (χ4v) is 3.29. The van der Waals surface area contributed by atoms with Crippen LogP contribution in [-0.2, 0) is 0 Å². The maximum Gasteiger partial charge on any atom is 0.297 e. The van der Waals surface area contributed by atoms with Gasteiger partial charge in [0.1, 0.15) is 0 Å². The zero-order chi connectivity index (χ0) is 21.1. The second-order valence-electron chi connectivity index (χ2n) is 7.49. The minimum absolute atomic E-state index is 0.132. The molecule has 0 bridgehead atoms. The lowest BCUT2D eigenvalue weighted by atomic mass is 10.1. The highest BCUT2D eigenvalue weighted by atomic mass is 16.3. The van der Waals surface area contributed by atoms with E-state index in [1.165, 1.54) is 10.8 Å². The van der Waals surface area contributed by atoms with Crippen molar-refractivity contribution < 1.29 is 9.90 Å². The second kappa shape index (κ2) is 8.51. The van der Waals surface area contributed by atoms with Gasteiger partial charge in [-0.1, -0.05) is 36.4 Å². The van der Waals surface area contributed by atoms with E-state index >= 15 is 0 Å². The largest absolute Gasteiger partial charge is 0.394 e. The third-order valence-electron chi connectivity index (χ3n) is 5.18. The number of carbonyl (C=O) groups excluding carboxylic acids is 1. The van der Waals surface area contributed by atoms with Gasteiger partial charge in [-0.3, -0.25) is 14.2 Å². The lowest BCUT2D eigenvalue weighted by Gasteiger charge is -2.18. The average molecular weight is 404 g/mol. The van der Waals surface area contributed by atoms with Crippen LogP contribution in [0.25, 0.3) is 5.69 Å². The zero-order valence-corrected chi connectivity index (χ0v) is 16.7. The van der Waals surface area contributed by atoms with Crippen molar-refractivity contribution in [1.82, 2.24) is 14.9 Å². The Balaban J connectivity index is 1.66. The van der Waals surface area contributed by atoms with Crippen LogP contribution in [0.15, 0.2) is 65.7 Å². The monoisotopic (exact) mass is 404 g/mol. The number of aromatic nitrogens is 2. The molecule has 0 unspecified atom stereocenters. The minimum atomic E-state index is -0.459. The summed E-state index contributed by atoms with van der Waals surface area (Å²) in [5.74, 6) is -0.00346. The molecule has 4 rings (SSSR count). The highest BCUT2D eigenvalue weighted by molar-refractivity contribution is 5.95. The summed E-state index contributed by atoms with van der Waals surface area (Å²) < 4.78 is 1.47. The smallest absolute Gasteiger partial charge is 0.297 e. The van der Waals surface area contributed by atoms with E-state index in [2.05, 4.69) is 15.6 Å². The van der Waals surface area contributed by atoms with Gasteiger partial charge in [-0.2, -0.15) is 0 Å². The Morgan fingerprint density at radius 3 is 2.70 bits per heavy atom. The lowest BCUT2D eigenvalue weighted by Crippen LogP contribution is -2.28. The molecule has 7 nitrogen and oxygen atoms in total. The van der Waals surface area contributed by atoms with E-state index in [-0.39, 0.29) is 29.9 Å². The van der Waals surface area contributed by atoms with Crippen LogP contribution in [0.2, 0.25) is 0 Å². The van der Waals surface area contributed by atoms with Crippen LogP contribution in [0.1, 0.15) is 40.4 Å². The third kappa shape index (κ3) is 4.26. The molecule has 1 aliphatic carbocycles. The molecule has 0 aliphatic heterocycles. The Kier molecular flexibility index (Phi) is 5.63. The summed E-state index contributed by atoms with van der Waals surface area (Å²) >= 11 is 0. The normalized spacial score (nSPS) is 14.2. The molecule has 3 aromatic rings. The van der Waals surface area contributed by atoms with E-state index in [0.29, 0.717) is 11.3 Å². The zero-order valence-electron chi connectivity index (χ0n) is 16.7. The number of nitrogens with zero attached hydrogens (tertiary/aromatic N) is 2. The van der Waals surface area contributed by atoms with E-state index in [1.807, 2.05) is 43.3 Å². The van der Waals surface area contributed by atoms with E-state index in [4.69, 9.17) is 0 Å². The Bertz CT molecular complexity index is 1110. The number of benzene rings is 2. The van der Waals surface area contributed by atoms with Gasteiger partial charge in [-0.05, 0) is 43.0 Å². The van der Waals surface area contributed by atoms with Crippen LogP contribution in [0.3, 0.4) is 0 Å². The lowest BCUT2D eigenvalue weighted by molar-refractivity contribution is 0.0951. The van der Waals surface area contributed by atoms with Gasteiger partial charge in [0.25, 0.3) is 11.5 Å². The number of carbonyl (C=O) groups is 1. The molecule has 1 heterocycles. The third-order valence-corrected chi connectivity index (χ3v) is 5.18. The molecule has 0 saturated heterocycles. The number of amides is 1. The predicted octanol–water partition coefficient (Wildman–Crippen LogP) is 2.58. The van der Waals surface area contributed by atoms with Crippen LogP contribution in [-0.4, -0.2) is 33.2 Å². The summed E-state index contributed by atoms with van der Waals surface area (Å²) in [6.07, 6.45) is 5.13. The number of anilines is 1. The average Bonchev–Trinajstić information content (AvgIpc) is 3.58. The summed E-state index contributed by atoms with van der Waals surface area (Å²) in [5.41, 5.74) is 2.49. The molecule has 1 atom stereocenters. The van der Waals surface area contributed by atoms with Gasteiger partial charge in [0.15, 0.2) is 5.82 Å². The van der Waals surface area contributed by atoms with Crippen LogP contribution in [0, 0.1) is 6.92 Å². The quantitative estimate of drug-likeness (QED) is 0.563. The van der Waals surface area contributed by atoms with Crippen molar-refractivity contribution in [2.24, 2.45) is 0 Å². The maximum atomic E-state index is 13.1. The van der Waals surface area contributed by atoms with E-state index in [1.54, 1.807) is 18.3 Å². The second-order valence-corrected chi connectivity index (χ2v) is 7.49. The van der Waals surface area contributed by atoms with Gasteiger partial charge >= 0.3 is 0 Å². The summed E-state index contributed by atoms with van der Waals surface area (Å²) in [6, 6.07) is 14.5. The molecule has 30 heavy (non-hydrogen) atoms. The Morgan fingerprint density at radius 1 is 1.23 bits per heavy atom.